The van der Waals surface area contributed by atoms with Gasteiger partial charge in [-0.3, -0.25) is 20.0 Å². The second-order valence-corrected chi connectivity index (χ2v) is 10.8. The minimum atomic E-state index is -0.0127. The molecule has 2 bridgehead atoms. The zero-order valence-electron chi connectivity index (χ0n) is 22.3. The number of hydrogen-bond acceptors (Lipinski definition) is 5. The van der Waals surface area contributed by atoms with Crippen LogP contribution >= 0.6 is 0 Å². The van der Waals surface area contributed by atoms with Gasteiger partial charge in [0.05, 0.1) is 13.2 Å². The van der Waals surface area contributed by atoms with Gasteiger partial charge in [0.25, 0.3) is 5.91 Å². The second kappa shape index (κ2) is 12.2. The van der Waals surface area contributed by atoms with E-state index >= 15 is 0 Å². The fraction of sp³-hybridized carbons (Fsp3) is 0.516. The van der Waals surface area contributed by atoms with E-state index < -0.39 is 0 Å². The van der Waals surface area contributed by atoms with Crippen molar-refractivity contribution in [3.63, 3.8) is 0 Å². The van der Waals surface area contributed by atoms with E-state index in [2.05, 4.69) is 57.1 Å². The molecule has 0 radical (unpaired) electrons. The molecule has 0 aromatic heterocycles. The molecular formula is C31H42N4O2. The fourth-order valence-corrected chi connectivity index (χ4v) is 6.51. The third-order valence-corrected chi connectivity index (χ3v) is 8.37. The Bertz CT molecular complexity index is 1050. The highest BCUT2D eigenvalue weighted by atomic mass is 16.5. The van der Waals surface area contributed by atoms with Crippen molar-refractivity contribution in [2.24, 2.45) is 0 Å². The molecule has 5 rings (SSSR count). The van der Waals surface area contributed by atoms with Gasteiger partial charge in [-0.05, 0) is 67.5 Å². The number of likely N-dealkylation sites (tertiary alicyclic amines) is 1. The number of ether oxygens (including phenoxy) is 1. The molecule has 1 amide bonds. The number of fused-ring (bicyclic) bond motifs is 2. The fourth-order valence-electron chi connectivity index (χ4n) is 6.51. The van der Waals surface area contributed by atoms with Crippen LogP contribution in [0, 0.1) is 0 Å². The van der Waals surface area contributed by atoms with Crippen molar-refractivity contribution in [3.05, 3.63) is 77.9 Å². The molecular weight excluding hydrogens is 460 g/mol. The molecule has 37 heavy (non-hydrogen) atoms. The summed E-state index contributed by atoms with van der Waals surface area (Å²) in [5, 5.41) is 2.09. The first kappa shape index (κ1) is 26.0. The minimum absolute atomic E-state index is 0.0127. The third kappa shape index (κ3) is 6.08. The number of nitrogens with one attached hydrogen (secondary N) is 1. The van der Waals surface area contributed by atoms with E-state index in [-0.39, 0.29) is 11.9 Å². The summed E-state index contributed by atoms with van der Waals surface area (Å²) < 4.78 is 5.61. The SMILES string of the molecule is C=CCN1CCC2CCC(C1)N2C(c1ccc(C(=O)NN2CCCCCC2)cc1)c1cccc(OC)c1. The number of hydrogen-bond donors (Lipinski definition) is 1. The van der Waals surface area contributed by atoms with Crippen molar-refractivity contribution in [3.8, 4) is 5.75 Å². The van der Waals surface area contributed by atoms with Crippen LogP contribution in [0.1, 0.15) is 72.5 Å². The third-order valence-electron chi connectivity index (χ3n) is 8.37. The molecule has 3 saturated heterocycles. The van der Waals surface area contributed by atoms with E-state index in [1.54, 1.807) is 7.11 Å². The lowest BCUT2D eigenvalue weighted by Crippen LogP contribution is -2.43. The highest BCUT2D eigenvalue weighted by Crippen LogP contribution is 2.41. The van der Waals surface area contributed by atoms with Gasteiger partial charge in [-0.1, -0.05) is 43.2 Å². The molecule has 0 saturated carbocycles. The lowest BCUT2D eigenvalue weighted by molar-refractivity contribution is 0.0794. The molecule has 3 atom stereocenters. The van der Waals surface area contributed by atoms with Crippen LogP contribution in [-0.2, 0) is 0 Å². The molecule has 0 aliphatic carbocycles. The summed E-state index contributed by atoms with van der Waals surface area (Å²) in [5.41, 5.74) is 6.33. The van der Waals surface area contributed by atoms with Crippen LogP contribution < -0.4 is 10.2 Å². The number of benzene rings is 2. The van der Waals surface area contributed by atoms with E-state index in [4.69, 9.17) is 4.74 Å². The van der Waals surface area contributed by atoms with Crippen LogP contribution in [0.3, 0.4) is 0 Å². The quantitative estimate of drug-likeness (QED) is 0.513. The smallest absolute Gasteiger partial charge is 0.265 e. The van der Waals surface area contributed by atoms with Crippen molar-refractivity contribution in [2.75, 3.05) is 39.8 Å². The van der Waals surface area contributed by atoms with Crippen LogP contribution in [-0.4, -0.2) is 72.6 Å². The first-order chi connectivity index (χ1) is 18.2. The first-order valence-electron chi connectivity index (χ1n) is 14.1. The van der Waals surface area contributed by atoms with E-state index in [9.17, 15) is 4.79 Å². The number of carbonyl (C=O) groups is 1. The minimum Gasteiger partial charge on any atom is -0.497 e. The molecule has 2 aromatic carbocycles. The van der Waals surface area contributed by atoms with E-state index in [0.717, 1.165) is 51.3 Å². The van der Waals surface area contributed by atoms with Gasteiger partial charge < -0.3 is 4.74 Å². The highest BCUT2D eigenvalue weighted by molar-refractivity contribution is 5.93. The monoisotopic (exact) mass is 502 g/mol. The summed E-state index contributed by atoms with van der Waals surface area (Å²) in [6.07, 6.45) is 10.4. The van der Waals surface area contributed by atoms with Crippen molar-refractivity contribution in [1.29, 1.82) is 0 Å². The second-order valence-electron chi connectivity index (χ2n) is 10.8. The van der Waals surface area contributed by atoms with Gasteiger partial charge >= 0.3 is 0 Å². The summed E-state index contributed by atoms with van der Waals surface area (Å²) >= 11 is 0. The lowest BCUT2D eigenvalue weighted by atomic mass is 9.94. The first-order valence-corrected chi connectivity index (χ1v) is 14.1. The van der Waals surface area contributed by atoms with Crippen molar-refractivity contribution < 1.29 is 9.53 Å². The van der Waals surface area contributed by atoms with Gasteiger partial charge in [0, 0.05) is 50.4 Å². The zero-order chi connectivity index (χ0) is 25.6. The Morgan fingerprint density at radius 1 is 1.00 bits per heavy atom. The van der Waals surface area contributed by atoms with E-state index in [1.165, 1.54) is 43.2 Å². The Morgan fingerprint density at radius 3 is 2.49 bits per heavy atom. The van der Waals surface area contributed by atoms with Crippen LogP contribution in [0.25, 0.3) is 0 Å². The van der Waals surface area contributed by atoms with Gasteiger partial charge in [0.2, 0.25) is 0 Å². The standard InChI is InChI=1S/C31H42N4O2/c1-3-18-33-21-17-27-15-16-28(23-33)35(27)30(26-9-8-10-29(22-26)37-2)24-11-13-25(14-12-24)31(36)32-34-19-6-4-5-7-20-34/h3,8-14,22,27-28,30H,1,4-7,15-21,23H2,2H3,(H,32,36). The largest absolute Gasteiger partial charge is 0.497 e. The Hall–Kier alpha value is -2.67. The van der Waals surface area contributed by atoms with Gasteiger partial charge in [0.15, 0.2) is 0 Å². The summed E-state index contributed by atoms with van der Waals surface area (Å²) in [4.78, 5) is 18.3. The maximum absolute atomic E-state index is 13.0. The molecule has 3 heterocycles. The van der Waals surface area contributed by atoms with Gasteiger partial charge in [-0.25, -0.2) is 5.01 Å². The Labute approximate surface area is 222 Å². The van der Waals surface area contributed by atoms with E-state index in [1.807, 2.05) is 24.3 Å². The van der Waals surface area contributed by atoms with E-state index in [0.29, 0.717) is 17.6 Å². The molecule has 3 aliphatic rings. The van der Waals surface area contributed by atoms with Crippen molar-refractivity contribution in [1.82, 2.24) is 20.2 Å². The Balaban J connectivity index is 1.42. The zero-order valence-corrected chi connectivity index (χ0v) is 22.3. The Morgan fingerprint density at radius 2 is 1.76 bits per heavy atom. The summed E-state index contributed by atoms with van der Waals surface area (Å²) in [6, 6.07) is 18.0. The number of nitrogens with zero attached hydrogens (tertiary/aromatic N) is 3. The maximum atomic E-state index is 13.0. The molecule has 6 nitrogen and oxygen atoms in total. The van der Waals surface area contributed by atoms with Crippen LogP contribution in [0.15, 0.2) is 61.2 Å². The number of hydrazine groups is 1. The average Bonchev–Trinajstić information content (AvgIpc) is 3.05. The number of carbonyl (C=O) groups excluding carboxylic acids is 1. The molecule has 3 fully saturated rings. The van der Waals surface area contributed by atoms with Gasteiger partial charge in [0.1, 0.15) is 5.75 Å². The van der Waals surface area contributed by atoms with Crippen LogP contribution in [0.5, 0.6) is 5.75 Å². The highest BCUT2D eigenvalue weighted by Gasteiger charge is 2.42. The van der Waals surface area contributed by atoms with Gasteiger partial charge in [-0.2, -0.15) is 0 Å². The number of amides is 1. The molecule has 2 aromatic rings. The van der Waals surface area contributed by atoms with Gasteiger partial charge in [-0.15, -0.1) is 6.58 Å². The Kier molecular flexibility index (Phi) is 8.59. The topological polar surface area (TPSA) is 48.0 Å². The number of rotatable bonds is 8. The average molecular weight is 503 g/mol. The molecule has 1 N–H and O–H groups in total. The molecule has 3 unspecified atom stereocenters. The van der Waals surface area contributed by atoms with Crippen molar-refractivity contribution >= 4 is 5.91 Å². The molecule has 0 spiro atoms. The predicted octanol–water partition coefficient (Wildman–Crippen LogP) is 5.03. The molecule has 6 heteroatoms. The lowest BCUT2D eigenvalue weighted by Gasteiger charge is -2.37. The summed E-state index contributed by atoms with van der Waals surface area (Å²) in [6.45, 7) is 8.97. The molecule has 198 valence electrons. The normalized spacial score (nSPS) is 24.1. The summed E-state index contributed by atoms with van der Waals surface area (Å²) in [5.74, 6) is 0.868. The van der Waals surface area contributed by atoms with Crippen LogP contribution in [0.4, 0.5) is 0 Å². The molecule has 3 aliphatic heterocycles. The van der Waals surface area contributed by atoms with Crippen molar-refractivity contribution in [2.45, 2.75) is 63.1 Å². The van der Waals surface area contributed by atoms with Crippen LogP contribution in [0.2, 0.25) is 0 Å². The predicted molar refractivity (Wildman–Crippen MR) is 149 cm³/mol. The number of methoxy groups -OCH3 is 1. The summed E-state index contributed by atoms with van der Waals surface area (Å²) in [7, 11) is 1.73. The maximum Gasteiger partial charge on any atom is 0.265 e.